The number of imide groups is 1. The molecule has 21 atom stereocenters. The summed E-state index contributed by atoms with van der Waals surface area (Å²) in [5, 5.41) is 102. The second kappa shape index (κ2) is 51.5. The molecule has 4 fully saturated rings. The van der Waals surface area contributed by atoms with Crippen LogP contribution in [-0.2, 0) is 63.8 Å². The van der Waals surface area contributed by atoms with Crippen molar-refractivity contribution in [3.05, 3.63) is 95.6 Å². The lowest BCUT2D eigenvalue weighted by Gasteiger charge is -2.39. The van der Waals surface area contributed by atoms with E-state index < -0.39 is 224 Å². The maximum absolute atomic E-state index is 16.6. The van der Waals surface area contributed by atoms with Gasteiger partial charge in [-0.25, -0.2) is 0 Å². The Morgan fingerprint density at radius 2 is 0.849 bits per heavy atom. The smallest absolute Gasteiger partial charge is 0.252 e. The van der Waals surface area contributed by atoms with Gasteiger partial charge in [0.25, 0.3) is 23.6 Å². The fraction of sp³-hybridized carbons (Fsp3) is 0.655. The zero-order chi connectivity index (χ0) is 92.6. The Balaban J connectivity index is 1.25. The molecule has 4 saturated heterocycles. The first kappa shape index (κ1) is 104. The predicted molar refractivity (Wildman–Crippen MR) is 458 cm³/mol. The molecule has 25 N–H and O–H groups in total. The highest BCUT2D eigenvalue weighted by molar-refractivity contribution is 6.07. The molecule has 39 nitrogen and oxygen atoms in total. The zero-order valence-corrected chi connectivity index (χ0v) is 72.9. The molecule has 4 aliphatic heterocycles. The summed E-state index contributed by atoms with van der Waals surface area (Å²) in [6.45, 7) is 9.77. The molecule has 0 bridgehead atoms. The highest BCUT2D eigenvalue weighted by atomic mass is 16.7. The van der Waals surface area contributed by atoms with Crippen LogP contribution in [0.15, 0.2) is 78.9 Å². The number of primary amides is 1. The third-order valence-corrected chi connectivity index (χ3v) is 23.2. The number of benzene rings is 3. The predicted octanol–water partition coefficient (Wildman–Crippen LogP) is -2.55. The quantitative estimate of drug-likeness (QED) is 0.0259. The van der Waals surface area contributed by atoms with E-state index in [4.69, 9.17) is 47.6 Å². The second-order valence-corrected chi connectivity index (χ2v) is 33.8. The molecule has 126 heavy (non-hydrogen) atoms. The number of amides is 12. The van der Waals surface area contributed by atoms with E-state index in [1.807, 2.05) is 0 Å². The third kappa shape index (κ3) is 29.3. The van der Waals surface area contributed by atoms with E-state index in [-0.39, 0.29) is 145 Å². The van der Waals surface area contributed by atoms with Crippen molar-refractivity contribution >= 4 is 70.9 Å². The molecule has 3 aromatic carbocycles. The van der Waals surface area contributed by atoms with Gasteiger partial charge in [-0.3, -0.25) is 62.4 Å². The summed E-state index contributed by atoms with van der Waals surface area (Å²) < 4.78 is 22.4. The first-order valence-electron chi connectivity index (χ1n) is 44.1. The highest BCUT2D eigenvalue weighted by Gasteiger charge is 2.50. The number of nitrogens with zero attached hydrogens (tertiary/aromatic N) is 3. The monoisotopic (exact) mass is 1770 g/mol. The number of hydrogen-bond donors (Lipinski definition) is 20. The summed E-state index contributed by atoms with van der Waals surface area (Å²) in [4.78, 5) is 185. The average molecular weight is 1780 g/mol. The van der Waals surface area contributed by atoms with Crippen LogP contribution in [-0.4, -0.2) is 301 Å². The van der Waals surface area contributed by atoms with Crippen LogP contribution in [0.3, 0.4) is 0 Å². The summed E-state index contributed by atoms with van der Waals surface area (Å²) in [6, 6.07) is 4.72. The van der Waals surface area contributed by atoms with Gasteiger partial charge in [-0.2, -0.15) is 0 Å². The SMILES string of the molecule is CC[C@H](C)[C@H](NC(=O)[C@H](CCCCN)NC(=O)[C@H](Cc1ccccc1)NC(=O)[C@H](CCCCN)N(C(=O)[C@H](CC(C)C)NC(=O)[C@@H]1CCCN1C(=O)[C@H](CCCCN)NC(=O)c1ccc(O[C@@H]2O[C@H](CO)[C@H](O)[C@H](O)[C@H]2O)cc1)C(=O)[C@H](CC(C)C)NC(=O)[C@@H]1CCCN1C(=O)[C@H](CCCCN)NC(=O)c1ccc(O[C@@H]2O[C@H](CO)[C@H](O)[C@H](O)[C@H]2O)cc1)C(N)=O. The Hall–Kier alpha value is -9.46. The van der Waals surface area contributed by atoms with Crippen molar-refractivity contribution in [1.29, 1.82) is 0 Å². The molecule has 0 aromatic heterocycles. The summed E-state index contributed by atoms with van der Waals surface area (Å²) in [5.41, 5.74) is 30.2. The van der Waals surface area contributed by atoms with Crippen molar-refractivity contribution in [2.75, 3.05) is 52.5 Å². The van der Waals surface area contributed by atoms with Crippen molar-refractivity contribution in [1.82, 2.24) is 51.9 Å². The lowest BCUT2D eigenvalue weighted by Crippen LogP contribution is -2.65. The maximum Gasteiger partial charge on any atom is 0.252 e. The molecule has 39 heteroatoms. The number of aliphatic hydroxyl groups is 8. The lowest BCUT2D eigenvalue weighted by molar-refractivity contribution is -0.277. The largest absolute Gasteiger partial charge is 0.462 e. The van der Waals surface area contributed by atoms with Gasteiger partial charge in [-0.05, 0) is 214 Å². The Labute approximate surface area is 734 Å². The molecule has 7 rings (SSSR count). The Morgan fingerprint density at radius 3 is 1.23 bits per heavy atom. The minimum atomic E-state index is -1.90. The van der Waals surface area contributed by atoms with Crippen LogP contribution in [0.25, 0.3) is 0 Å². The van der Waals surface area contributed by atoms with E-state index in [2.05, 4.69) is 37.2 Å². The lowest BCUT2D eigenvalue weighted by atomic mass is 9.96. The van der Waals surface area contributed by atoms with Gasteiger partial charge in [0.05, 0.1) is 13.2 Å². The van der Waals surface area contributed by atoms with Gasteiger partial charge in [0.15, 0.2) is 0 Å². The molecule has 0 radical (unpaired) electrons. The van der Waals surface area contributed by atoms with Crippen molar-refractivity contribution in [2.45, 2.75) is 292 Å². The summed E-state index contributed by atoms with van der Waals surface area (Å²) in [7, 11) is 0. The second-order valence-electron chi connectivity index (χ2n) is 33.8. The number of hydrogen-bond acceptors (Lipinski definition) is 28. The minimum absolute atomic E-state index is 0.0000676. The third-order valence-electron chi connectivity index (χ3n) is 23.2. The van der Waals surface area contributed by atoms with Crippen LogP contribution in [0.4, 0.5) is 0 Å². The molecule has 4 aliphatic rings. The molecule has 702 valence electrons. The first-order valence-corrected chi connectivity index (χ1v) is 44.1. The van der Waals surface area contributed by atoms with E-state index >= 15 is 38.4 Å². The average Bonchev–Trinajstić information content (AvgIpc) is 1.50. The van der Waals surface area contributed by atoms with Crippen LogP contribution in [0.1, 0.15) is 190 Å². The van der Waals surface area contributed by atoms with Crippen molar-refractivity contribution in [3.63, 3.8) is 0 Å². The van der Waals surface area contributed by atoms with Gasteiger partial charge >= 0.3 is 0 Å². The van der Waals surface area contributed by atoms with Crippen molar-refractivity contribution in [3.8, 4) is 11.5 Å². The topological polar surface area (TPSA) is 628 Å². The molecule has 0 saturated carbocycles. The number of unbranched alkanes of at least 4 members (excludes halogenated alkanes) is 4. The van der Waals surface area contributed by atoms with Crippen LogP contribution in [0.2, 0.25) is 0 Å². The van der Waals surface area contributed by atoms with E-state index in [0.29, 0.717) is 55.4 Å². The number of ether oxygens (including phenoxy) is 4. The number of carbonyl (C=O) groups excluding carboxylic acids is 12. The molecular weight excluding hydrogens is 1640 g/mol. The molecule has 12 amide bonds. The van der Waals surface area contributed by atoms with Crippen LogP contribution in [0, 0.1) is 17.8 Å². The number of rotatable bonds is 50. The van der Waals surface area contributed by atoms with E-state index in [1.165, 1.54) is 58.3 Å². The number of likely N-dealkylation sites (tertiary alicyclic amines) is 2. The summed E-state index contributed by atoms with van der Waals surface area (Å²) in [5.74, 6) is -11.7. The van der Waals surface area contributed by atoms with Gasteiger partial charge in [0.2, 0.25) is 59.8 Å². The maximum atomic E-state index is 16.6. The van der Waals surface area contributed by atoms with Crippen LogP contribution >= 0.6 is 0 Å². The van der Waals surface area contributed by atoms with Gasteiger partial charge < -0.3 is 135 Å². The van der Waals surface area contributed by atoms with Gasteiger partial charge in [-0.15, -0.1) is 0 Å². The molecule has 0 spiro atoms. The van der Waals surface area contributed by atoms with Crippen molar-refractivity contribution in [2.24, 2.45) is 46.4 Å². The van der Waals surface area contributed by atoms with Gasteiger partial charge in [-0.1, -0.05) is 78.3 Å². The number of aliphatic hydroxyl groups excluding tert-OH is 8. The molecular formula is C87H135N15O24. The van der Waals surface area contributed by atoms with E-state index in [1.54, 1.807) is 71.9 Å². The number of carbonyl (C=O) groups is 12. The van der Waals surface area contributed by atoms with Gasteiger partial charge in [0.1, 0.15) is 121 Å². The van der Waals surface area contributed by atoms with Gasteiger partial charge in [0, 0.05) is 30.6 Å². The van der Waals surface area contributed by atoms with Crippen LogP contribution in [0.5, 0.6) is 11.5 Å². The number of nitrogens with two attached hydrogens (primary N) is 5. The van der Waals surface area contributed by atoms with E-state index in [9.17, 15) is 60.0 Å². The molecule has 3 aromatic rings. The fourth-order valence-electron chi connectivity index (χ4n) is 15.8. The summed E-state index contributed by atoms with van der Waals surface area (Å²) in [6.07, 6.45) is -13.2. The van der Waals surface area contributed by atoms with Crippen LogP contribution < -0.4 is 75.4 Å². The first-order chi connectivity index (χ1) is 60.1. The minimum Gasteiger partial charge on any atom is -0.462 e. The zero-order valence-electron chi connectivity index (χ0n) is 72.9. The Morgan fingerprint density at radius 1 is 0.460 bits per heavy atom. The summed E-state index contributed by atoms with van der Waals surface area (Å²) >= 11 is 0. The Bertz CT molecular complexity index is 3830. The molecule has 4 heterocycles. The highest BCUT2D eigenvalue weighted by Crippen LogP contribution is 2.31. The molecule has 0 unspecified atom stereocenters. The molecule has 0 aliphatic carbocycles. The van der Waals surface area contributed by atoms with Crippen molar-refractivity contribution < 1.29 is 117 Å². The normalized spacial score (nSPS) is 23.4. The Kier molecular flexibility index (Phi) is 42.4. The standard InChI is InChI=1S/C87H135N15O24/c1-7-50(6)67(74(92)111)99-77(114)56(23-11-15-37-88)93-78(115)59(45-51-21-9-8-10-22-51)96-81(118)64(26-14-18-40-91)102(84(121)60(43-48(2)3)97-79(116)62-27-19-41-100(62)82(119)57(24-12-16-38-89)94-75(112)52-29-33-54(34-30-52)123-86-72(109)70(107)68(105)65(46-103)125-86)85(122)61(44-49(4)5)98-80(117)63-28-20-42-101(63)83(120)58(25-13-17-39-90)95-76(113)53-31-35-55(36-32-53)124-87-73(110)71(108)69(106)66(47-104)126-87/h8-10,21-22,29-36,48-50,56-73,86-87,103-110H,7,11-20,23-28,37-47,88-91H2,1-6H3,(H2,92,111)(H,93,115)(H,94,112)(H,95,113)(H,96,118)(H,97,116)(H,98,117)(H,99,114)/t50-,56-,57-,58-,59-,60-,61-,62-,63-,64-,65+,66+,67-,68-,69-,70-,71-,72+,73+,86+,87+/m0/s1. The number of nitrogens with one attached hydrogen (secondary N) is 7. The fourth-order valence-corrected chi connectivity index (χ4v) is 15.8. The van der Waals surface area contributed by atoms with E-state index in [0.717, 1.165) is 0 Å².